The van der Waals surface area contributed by atoms with Crippen LogP contribution in [0.3, 0.4) is 0 Å². The molecule has 5 nitrogen and oxygen atoms in total. The Morgan fingerprint density at radius 2 is 2.04 bits per heavy atom. The maximum absolute atomic E-state index is 9.56. The highest BCUT2D eigenvalue weighted by atomic mass is 16.5. The molecule has 1 unspecified atom stereocenters. The number of benzene rings is 1. The number of H-pyrrole nitrogens is 1. The number of hydrogen-bond acceptors (Lipinski definition) is 4. The number of nitrogens with two attached hydrogens (primary N) is 1. The molecule has 0 fully saturated rings. The van der Waals surface area contributed by atoms with Crippen LogP contribution in [0, 0.1) is 11.3 Å². The van der Waals surface area contributed by atoms with Gasteiger partial charge in [0.25, 0.3) is 0 Å². The minimum atomic E-state index is -0.237. The van der Waals surface area contributed by atoms with Crippen LogP contribution in [0.5, 0.6) is 5.88 Å². The van der Waals surface area contributed by atoms with Crippen LogP contribution in [0.25, 0.3) is 0 Å². The summed E-state index contributed by atoms with van der Waals surface area (Å²) in [5, 5.41) is 16.8. The predicted octanol–water partition coefficient (Wildman–Crippen LogP) is 3.31. The van der Waals surface area contributed by atoms with E-state index in [4.69, 9.17) is 10.5 Å². The van der Waals surface area contributed by atoms with E-state index in [0.717, 1.165) is 23.2 Å². The summed E-state index contributed by atoms with van der Waals surface area (Å²) >= 11 is 0. The van der Waals surface area contributed by atoms with Gasteiger partial charge in [-0.05, 0) is 23.5 Å². The Balaban J connectivity index is 2.15. The van der Waals surface area contributed by atoms with Gasteiger partial charge in [-0.2, -0.15) is 5.26 Å². The lowest BCUT2D eigenvalue weighted by Gasteiger charge is -2.24. The lowest BCUT2D eigenvalue weighted by molar-refractivity contribution is 0.378. The Morgan fingerprint density at radius 1 is 1.35 bits per heavy atom. The quantitative estimate of drug-likeness (QED) is 0.910. The van der Waals surface area contributed by atoms with Crippen molar-refractivity contribution in [2.24, 2.45) is 5.73 Å². The number of nitriles is 1. The Bertz CT molecular complexity index is 793. The molecule has 1 aromatic heterocycles. The molecule has 2 aromatic rings. The van der Waals surface area contributed by atoms with Crippen molar-refractivity contribution < 1.29 is 4.74 Å². The topological polar surface area (TPSA) is 87.7 Å². The fraction of sp³-hybridized carbons (Fsp3) is 0.333. The van der Waals surface area contributed by atoms with E-state index in [1.54, 1.807) is 0 Å². The number of rotatable bonds is 3. The molecule has 0 amide bonds. The lowest BCUT2D eigenvalue weighted by Crippen LogP contribution is -2.21. The van der Waals surface area contributed by atoms with Gasteiger partial charge in [0.2, 0.25) is 11.8 Å². The van der Waals surface area contributed by atoms with E-state index < -0.39 is 0 Å². The van der Waals surface area contributed by atoms with Gasteiger partial charge in [-0.25, -0.2) is 0 Å². The van der Waals surface area contributed by atoms with Gasteiger partial charge in [0.05, 0.1) is 5.92 Å². The molecule has 1 atom stereocenters. The van der Waals surface area contributed by atoms with E-state index in [2.05, 4.69) is 54.4 Å². The number of nitrogens with zero attached hydrogens (tertiary/aromatic N) is 2. The van der Waals surface area contributed by atoms with E-state index in [1.807, 2.05) is 6.92 Å². The maximum atomic E-state index is 9.56. The van der Waals surface area contributed by atoms with Gasteiger partial charge in [0.15, 0.2) is 0 Å². The third kappa shape index (κ3) is 2.46. The molecule has 0 bridgehead atoms. The second-order valence-corrected chi connectivity index (χ2v) is 6.02. The Morgan fingerprint density at radius 3 is 2.61 bits per heavy atom. The predicted molar refractivity (Wildman–Crippen MR) is 87.8 cm³/mol. The number of aromatic nitrogens is 2. The highest BCUT2D eigenvalue weighted by Crippen LogP contribution is 2.42. The van der Waals surface area contributed by atoms with Crippen LogP contribution in [0.2, 0.25) is 0 Å². The SMILES string of the molecule is CCc1[nH]nc2c1C(c1ccc(C(C)C)cc1)C(C#N)=C(N)O2. The number of allylic oxidation sites excluding steroid dienone is 1. The molecule has 0 saturated carbocycles. The smallest absolute Gasteiger partial charge is 0.244 e. The molecule has 1 aliphatic heterocycles. The van der Waals surface area contributed by atoms with Gasteiger partial charge in [0.1, 0.15) is 11.6 Å². The number of hydrogen-bond donors (Lipinski definition) is 2. The summed E-state index contributed by atoms with van der Waals surface area (Å²) < 4.78 is 5.52. The van der Waals surface area contributed by atoms with E-state index >= 15 is 0 Å². The maximum Gasteiger partial charge on any atom is 0.244 e. The van der Waals surface area contributed by atoms with Crippen molar-refractivity contribution in [3.8, 4) is 11.9 Å². The first-order chi connectivity index (χ1) is 11.1. The number of ether oxygens (including phenoxy) is 1. The molecular formula is C18H20N4O. The second kappa shape index (κ2) is 5.81. The molecule has 0 radical (unpaired) electrons. The summed E-state index contributed by atoms with van der Waals surface area (Å²) in [5.41, 5.74) is 10.5. The van der Waals surface area contributed by atoms with Crippen molar-refractivity contribution in [2.75, 3.05) is 0 Å². The summed E-state index contributed by atoms with van der Waals surface area (Å²) in [6.07, 6.45) is 0.783. The highest BCUT2D eigenvalue weighted by molar-refractivity contribution is 5.55. The second-order valence-electron chi connectivity index (χ2n) is 6.02. The summed E-state index contributed by atoms with van der Waals surface area (Å²) in [4.78, 5) is 0. The zero-order valence-electron chi connectivity index (χ0n) is 13.6. The van der Waals surface area contributed by atoms with Crippen LogP contribution in [0.1, 0.15) is 55.0 Å². The summed E-state index contributed by atoms with van der Waals surface area (Å²) in [7, 11) is 0. The summed E-state index contributed by atoms with van der Waals surface area (Å²) in [6, 6.07) is 10.5. The zero-order valence-corrected chi connectivity index (χ0v) is 13.6. The average Bonchev–Trinajstić information content (AvgIpc) is 2.96. The monoisotopic (exact) mass is 308 g/mol. The van der Waals surface area contributed by atoms with Crippen molar-refractivity contribution in [1.82, 2.24) is 10.2 Å². The lowest BCUT2D eigenvalue weighted by atomic mass is 9.83. The molecular weight excluding hydrogens is 288 g/mol. The number of aromatic amines is 1. The van der Waals surface area contributed by atoms with E-state index in [0.29, 0.717) is 17.4 Å². The molecule has 1 aromatic carbocycles. The zero-order chi connectivity index (χ0) is 16.6. The summed E-state index contributed by atoms with van der Waals surface area (Å²) in [5.74, 6) is 0.826. The minimum absolute atomic E-state index is 0.132. The number of nitrogens with one attached hydrogen (secondary N) is 1. The largest absolute Gasteiger partial charge is 0.420 e. The van der Waals surface area contributed by atoms with Gasteiger partial charge in [-0.3, -0.25) is 5.10 Å². The van der Waals surface area contributed by atoms with Crippen molar-refractivity contribution in [2.45, 2.75) is 39.0 Å². The fourth-order valence-electron chi connectivity index (χ4n) is 2.98. The van der Waals surface area contributed by atoms with Crippen LogP contribution < -0.4 is 10.5 Å². The molecule has 2 heterocycles. The van der Waals surface area contributed by atoms with E-state index in [9.17, 15) is 5.26 Å². The van der Waals surface area contributed by atoms with Gasteiger partial charge < -0.3 is 10.5 Å². The van der Waals surface area contributed by atoms with Crippen LogP contribution in [-0.2, 0) is 6.42 Å². The first-order valence-corrected chi connectivity index (χ1v) is 7.81. The van der Waals surface area contributed by atoms with Gasteiger partial charge in [-0.15, -0.1) is 5.10 Å². The standard InChI is InChI=1S/C18H20N4O/c1-4-14-16-15(12-7-5-11(6-8-12)10(2)3)13(9-19)17(20)23-18(16)22-21-14/h5-8,10,15H,4,20H2,1-3H3,(H,21,22). The molecule has 1 aliphatic rings. The molecule has 5 heteroatoms. The Hall–Kier alpha value is -2.74. The number of aryl methyl sites for hydroxylation is 1. The normalized spacial score (nSPS) is 16.9. The average molecular weight is 308 g/mol. The molecule has 118 valence electrons. The van der Waals surface area contributed by atoms with E-state index in [-0.39, 0.29) is 11.8 Å². The van der Waals surface area contributed by atoms with Crippen LogP contribution in [0.15, 0.2) is 35.7 Å². The molecule has 0 spiro atoms. The van der Waals surface area contributed by atoms with Crippen LogP contribution >= 0.6 is 0 Å². The first kappa shape index (κ1) is 15.2. The van der Waals surface area contributed by atoms with Gasteiger partial charge in [0, 0.05) is 11.3 Å². The van der Waals surface area contributed by atoms with Crippen molar-refractivity contribution >= 4 is 0 Å². The third-order valence-electron chi connectivity index (χ3n) is 4.31. The number of fused-ring (bicyclic) bond motifs is 1. The Kier molecular flexibility index (Phi) is 3.83. The third-order valence-corrected chi connectivity index (χ3v) is 4.31. The molecule has 0 saturated heterocycles. The van der Waals surface area contributed by atoms with Gasteiger partial charge in [-0.1, -0.05) is 45.0 Å². The minimum Gasteiger partial charge on any atom is -0.420 e. The van der Waals surface area contributed by atoms with Crippen molar-refractivity contribution in [3.63, 3.8) is 0 Å². The van der Waals surface area contributed by atoms with Crippen LogP contribution in [-0.4, -0.2) is 10.2 Å². The molecule has 3 rings (SSSR count). The van der Waals surface area contributed by atoms with Crippen molar-refractivity contribution in [1.29, 1.82) is 5.26 Å². The first-order valence-electron chi connectivity index (χ1n) is 7.81. The Labute approximate surface area is 135 Å². The van der Waals surface area contributed by atoms with Gasteiger partial charge >= 0.3 is 0 Å². The summed E-state index contributed by atoms with van der Waals surface area (Å²) in [6.45, 7) is 6.36. The molecule has 0 aliphatic carbocycles. The van der Waals surface area contributed by atoms with Crippen LogP contribution in [0.4, 0.5) is 0 Å². The molecule has 23 heavy (non-hydrogen) atoms. The van der Waals surface area contributed by atoms with Crippen molar-refractivity contribution in [3.05, 3.63) is 58.1 Å². The molecule has 3 N–H and O–H groups in total. The highest BCUT2D eigenvalue weighted by Gasteiger charge is 2.34. The fourth-order valence-corrected chi connectivity index (χ4v) is 2.98. The van der Waals surface area contributed by atoms with E-state index in [1.165, 1.54) is 5.56 Å².